The highest BCUT2D eigenvalue weighted by molar-refractivity contribution is 7.73. The number of nitrogens with zero attached hydrogens (tertiary/aromatic N) is 1. The first-order chi connectivity index (χ1) is 12.1. The predicted molar refractivity (Wildman–Crippen MR) is 97.5 cm³/mol. The van der Waals surface area contributed by atoms with Crippen LogP contribution < -0.4 is 19.4 Å². The van der Waals surface area contributed by atoms with E-state index in [-0.39, 0.29) is 6.61 Å². The molecule has 0 fully saturated rings. The molecule has 0 saturated heterocycles. The Morgan fingerprint density at radius 3 is 2.92 bits per heavy atom. The Morgan fingerprint density at radius 1 is 1.44 bits per heavy atom. The lowest BCUT2D eigenvalue weighted by atomic mass is 10.2. The van der Waals surface area contributed by atoms with Crippen LogP contribution in [0.2, 0.25) is 0 Å². The minimum absolute atomic E-state index is 0.0583. The molecule has 0 spiro atoms. The van der Waals surface area contributed by atoms with Crippen molar-refractivity contribution in [3.05, 3.63) is 37.6 Å². The van der Waals surface area contributed by atoms with Gasteiger partial charge in [0.25, 0.3) is 0 Å². The van der Waals surface area contributed by atoms with Crippen LogP contribution >= 0.6 is 23.6 Å². The Labute approximate surface area is 153 Å². The highest BCUT2D eigenvalue weighted by Gasteiger charge is 2.05. The Balaban J connectivity index is 2.46. The second kappa shape index (κ2) is 9.01. The zero-order valence-corrected chi connectivity index (χ0v) is 15.3. The highest BCUT2D eigenvalue weighted by Crippen LogP contribution is 2.28. The number of aromatic amines is 1. The van der Waals surface area contributed by atoms with Crippen LogP contribution in [-0.2, 0) is 9.53 Å². The monoisotopic (exact) mass is 376 g/mol. The van der Waals surface area contributed by atoms with Gasteiger partial charge in [-0.2, -0.15) is 5.26 Å². The summed E-state index contributed by atoms with van der Waals surface area (Å²) in [7, 11) is 1.53. The van der Waals surface area contributed by atoms with Gasteiger partial charge in [0.15, 0.2) is 22.1 Å². The van der Waals surface area contributed by atoms with Crippen molar-refractivity contribution in [3.8, 4) is 17.6 Å². The van der Waals surface area contributed by atoms with Gasteiger partial charge in [0, 0.05) is 6.08 Å². The SMILES string of the molecule is CCOC(=O)/C=c1\[nH]c(=S)s\c1=C/c1ccc(OCC#N)c(OC)c1. The lowest BCUT2D eigenvalue weighted by molar-refractivity contribution is -0.135. The maximum atomic E-state index is 11.7. The Hall–Kier alpha value is -2.63. The third-order valence-corrected chi connectivity index (χ3v) is 4.23. The number of thiazole rings is 1. The second-order valence-electron chi connectivity index (χ2n) is 4.69. The fourth-order valence-electron chi connectivity index (χ4n) is 2.02. The van der Waals surface area contributed by atoms with E-state index >= 15 is 0 Å². The molecule has 1 heterocycles. The van der Waals surface area contributed by atoms with Gasteiger partial charge in [0.1, 0.15) is 6.07 Å². The van der Waals surface area contributed by atoms with Crippen LogP contribution in [0.25, 0.3) is 12.2 Å². The quantitative estimate of drug-likeness (QED) is 0.612. The number of carbonyl (C=O) groups excluding carboxylic acids is 1. The Morgan fingerprint density at radius 2 is 2.24 bits per heavy atom. The van der Waals surface area contributed by atoms with Crippen molar-refractivity contribution in [2.45, 2.75) is 6.92 Å². The molecule has 0 atom stereocenters. The lowest BCUT2D eigenvalue weighted by Crippen LogP contribution is -2.23. The van der Waals surface area contributed by atoms with Gasteiger partial charge in [-0.3, -0.25) is 0 Å². The largest absolute Gasteiger partial charge is 0.493 e. The fraction of sp³-hybridized carbons (Fsp3) is 0.235. The molecule has 130 valence electrons. The van der Waals surface area contributed by atoms with Crippen LogP contribution in [0.3, 0.4) is 0 Å². The summed E-state index contributed by atoms with van der Waals surface area (Å²) in [6.07, 6.45) is 3.25. The highest BCUT2D eigenvalue weighted by atomic mass is 32.1. The van der Waals surface area contributed by atoms with Gasteiger partial charge in [-0.05, 0) is 42.9 Å². The van der Waals surface area contributed by atoms with Crippen molar-refractivity contribution >= 4 is 41.7 Å². The Kier molecular flexibility index (Phi) is 6.74. The summed E-state index contributed by atoms with van der Waals surface area (Å²) in [5.41, 5.74) is 0.838. The van der Waals surface area contributed by atoms with Crippen LogP contribution in [0.5, 0.6) is 11.5 Å². The summed E-state index contributed by atoms with van der Waals surface area (Å²) in [5.74, 6) is 0.569. The number of carbonyl (C=O) groups is 1. The molecule has 2 aromatic rings. The van der Waals surface area contributed by atoms with Crippen molar-refractivity contribution in [2.75, 3.05) is 20.3 Å². The molecule has 0 bridgehead atoms. The van der Waals surface area contributed by atoms with Gasteiger partial charge < -0.3 is 19.2 Å². The normalized spacial score (nSPS) is 11.9. The predicted octanol–water partition coefficient (Wildman–Crippen LogP) is 1.89. The van der Waals surface area contributed by atoms with Crippen molar-refractivity contribution in [3.63, 3.8) is 0 Å². The van der Waals surface area contributed by atoms with Crippen LogP contribution in [0.15, 0.2) is 18.2 Å². The molecule has 6 nitrogen and oxygen atoms in total. The van der Waals surface area contributed by atoms with E-state index in [1.54, 1.807) is 19.1 Å². The number of hydrogen-bond acceptors (Lipinski definition) is 7. The number of hydrogen-bond donors (Lipinski definition) is 1. The van der Waals surface area contributed by atoms with E-state index in [4.69, 9.17) is 31.7 Å². The number of ether oxygens (including phenoxy) is 3. The first-order valence-corrected chi connectivity index (χ1v) is 8.57. The van der Waals surface area contributed by atoms with Crippen molar-refractivity contribution in [1.82, 2.24) is 4.98 Å². The van der Waals surface area contributed by atoms with Gasteiger partial charge in [-0.15, -0.1) is 11.3 Å². The second-order valence-corrected chi connectivity index (χ2v) is 6.41. The Bertz CT molecular complexity index is 970. The maximum Gasteiger partial charge on any atom is 0.332 e. The zero-order valence-electron chi connectivity index (χ0n) is 13.7. The molecule has 1 aromatic carbocycles. The van der Waals surface area contributed by atoms with Crippen molar-refractivity contribution in [1.29, 1.82) is 5.26 Å². The van der Waals surface area contributed by atoms with Gasteiger partial charge >= 0.3 is 5.97 Å². The molecular formula is C17H16N2O4S2. The summed E-state index contributed by atoms with van der Waals surface area (Å²) in [4.78, 5) is 14.6. The van der Waals surface area contributed by atoms with Crippen LogP contribution in [0.4, 0.5) is 0 Å². The van der Waals surface area contributed by atoms with E-state index in [0.29, 0.717) is 27.4 Å². The number of rotatable bonds is 6. The van der Waals surface area contributed by atoms with Crippen LogP contribution in [-0.4, -0.2) is 31.3 Å². The van der Waals surface area contributed by atoms with E-state index in [1.807, 2.05) is 18.2 Å². The van der Waals surface area contributed by atoms with Crippen molar-refractivity contribution in [2.24, 2.45) is 0 Å². The number of nitrogens with one attached hydrogen (secondary N) is 1. The van der Waals surface area contributed by atoms with E-state index in [9.17, 15) is 4.79 Å². The van der Waals surface area contributed by atoms with E-state index in [0.717, 1.165) is 10.1 Å². The summed E-state index contributed by atoms with van der Waals surface area (Å²) in [6.45, 7) is 1.99. The first kappa shape index (κ1) is 18.7. The average Bonchev–Trinajstić information content (AvgIpc) is 2.92. The zero-order chi connectivity index (χ0) is 18.2. The maximum absolute atomic E-state index is 11.7. The summed E-state index contributed by atoms with van der Waals surface area (Å²) in [5, 5.41) is 9.20. The van der Waals surface area contributed by atoms with Gasteiger partial charge in [-0.25, -0.2) is 4.79 Å². The molecule has 0 unspecified atom stereocenters. The third kappa shape index (κ3) is 5.17. The van der Waals surface area contributed by atoms with E-state index < -0.39 is 5.97 Å². The molecular weight excluding hydrogens is 360 g/mol. The van der Waals surface area contributed by atoms with Gasteiger partial charge in [0.2, 0.25) is 0 Å². The molecule has 0 amide bonds. The number of benzene rings is 1. The van der Waals surface area contributed by atoms with E-state index in [2.05, 4.69) is 4.98 Å². The molecule has 1 aromatic heterocycles. The smallest absolute Gasteiger partial charge is 0.332 e. The summed E-state index contributed by atoms with van der Waals surface area (Å²) < 4.78 is 16.9. The standard InChI is InChI=1S/C17H16N2O4S2/c1-3-22-16(20)10-12-15(25-17(24)19-12)9-11-4-5-13(23-7-6-18)14(8-11)21-2/h4-5,8-10H,3,7H2,1-2H3,(H,19,24)/b12-10-,15-9-. The fourth-order valence-corrected chi connectivity index (χ4v) is 3.18. The molecule has 2 rings (SSSR count). The van der Waals surface area contributed by atoms with Crippen LogP contribution in [0, 0.1) is 15.3 Å². The van der Waals surface area contributed by atoms with Crippen molar-refractivity contribution < 1.29 is 19.0 Å². The molecule has 0 aliphatic carbocycles. The summed E-state index contributed by atoms with van der Waals surface area (Å²) in [6, 6.07) is 7.24. The number of methoxy groups -OCH3 is 1. The number of esters is 1. The lowest BCUT2D eigenvalue weighted by Gasteiger charge is -2.08. The molecule has 0 aliphatic rings. The molecule has 1 N–H and O–H groups in total. The summed E-state index contributed by atoms with van der Waals surface area (Å²) >= 11 is 6.52. The number of aromatic nitrogens is 1. The molecule has 0 saturated carbocycles. The minimum Gasteiger partial charge on any atom is -0.493 e. The van der Waals surface area contributed by atoms with E-state index in [1.165, 1.54) is 24.5 Å². The number of H-pyrrole nitrogens is 1. The third-order valence-electron chi connectivity index (χ3n) is 3.03. The molecule has 25 heavy (non-hydrogen) atoms. The average molecular weight is 376 g/mol. The number of nitriles is 1. The molecule has 0 radical (unpaired) electrons. The van der Waals surface area contributed by atoms with Crippen LogP contribution in [0.1, 0.15) is 12.5 Å². The molecule has 0 aliphatic heterocycles. The first-order valence-electron chi connectivity index (χ1n) is 7.34. The topological polar surface area (TPSA) is 84.3 Å². The van der Waals surface area contributed by atoms with Gasteiger partial charge in [-0.1, -0.05) is 6.07 Å². The van der Waals surface area contributed by atoms with Gasteiger partial charge in [0.05, 0.1) is 23.6 Å². The molecule has 8 heteroatoms. The minimum atomic E-state index is -0.431.